The number of halogens is 2. The van der Waals surface area contributed by atoms with Gasteiger partial charge in [-0.15, -0.1) is 0 Å². The van der Waals surface area contributed by atoms with Gasteiger partial charge in [-0.2, -0.15) is 0 Å². The molecule has 1 heterocycles. The van der Waals surface area contributed by atoms with E-state index in [1.54, 1.807) is 0 Å². The van der Waals surface area contributed by atoms with Crippen molar-refractivity contribution in [1.29, 1.82) is 0 Å². The molecule has 3 rings (SSSR count). The lowest BCUT2D eigenvalue weighted by molar-refractivity contribution is -0.202. The molecule has 13 heteroatoms. The molecule has 1 aliphatic heterocycles. The minimum absolute atomic E-state index is 0.0886. The third kappa shape index (κ3) is 6.52. The molecule has 11 nitrogen and oxygen atoms in total. The van der Waals surface area contributed by atoms with Crippen LogP contribution in [0.3, 0.4) is 0 Å². The Morgan fingerprint density at radius 3 is 2.00 bits per heavy atom. The van der Waals surface area contributed by atoms with Crippen LogP contribution in [0.1, 0.15) is 27.1 Å². The van der Waals surface area contributed by atoms with Crippen molar-refractivity contribution in [3.05, 3.63) is 90.6 Å². The first-order valence-corrected chi connectivity index (χ1v) is 10.3. The highest BCUT2D eigenvalue weighted by molar-refractivity contribution is 6.31. The molecule has 0 amide bonds. The van der Waals surface area contributed by atoms with Gasteiger partial charge in [0.2, 0.25) is 6.29 Å². The number of carbonyl (C=O) groups is 2. The van der Waals surface area contributed by atoms with Crippen LogP contribution < -0.4 is 0 Å². The van der Waals surface area contributed by atoms with Gasteiger partial charge in [0.1, 0.15) is 12.2 Å². The molecule has 0 spiro atoms. The summed E-state index contributed by atoms with van der Waals surface area (Å²) in [5.41, 5.74) is 18.2. The summed E-state index contributed by atoms with van der Waals surface area (Å²) in [6.45, 7) is -0.262. The molecule has 0 saturated carbocycles. The van der Waals surface area contributed by atoms with Crippen LogP contribution in [0.5, 0.6) is 0 Å². The van der Waals surface area contributed by atoms with E-state index in [2.05, 4.69) is 20.1 Å². The summed E-state index contributed by atoms with van der Waals surface area (Å²) in [5.74, 6) is -1.42. The van der Waals surface area contributed by atoms with Crippen molar-refractivity contribution in [2.24, 2.45) is 10.2 Å². The molecule has 2 aromatic carbocycles. The molecule has 0 aliphatic carbocycles. The van der Waals surface area contributed by atoms with Gasteiger partial charge in [-0.05, 0) is 59.6 Å². The van der Waals surface area contributed by atoms with Crippen LogP contribution in [0.2, 0.25) is 10.0 Å². The van der Waals surface area contributed by atoms with Crippen LogP contribution in [0.15, 0.2) is 58.8 Å². The van der Waals surface area contributed by atoms with Crippen molar-refractivity contribution in [3.8, 4) is 0 Å². The van der Waals surface area contributed by atoms with E-state index < -0.39 is 36.5 Å². The Morgan fingerprint density at radius 2 is 1.48 bits per heavy atom. The lowest BCUT2D eigenvalue weighted by Crippen LogP contribution is -2.51. The van der Waals surface area contributed by atoms with Gasteiger partial charge in [-0.3, -0.25) is 0 Å². The molecule has 0 aromatic heterocycles. The Kier molecular flexibility index (Phi) is 8.37. The predicted molar refractivity (Wildman–Crippen MR) is 118 cm³/mol. The number of nitrogens with zero attached hydrogens (tertiary/aromatic N) is 6. The third-order valence-electron chi connectivity index (χ3n) is 4.67. The van der Waals surface area contributed by atoms with Gasteiger partial charge in [-0.25, -0.2) is 9.59 Å². The summed E-state index contributed by atoms with van der Waals surface area (Å²) in [5, 5.41) is 8.04. The van der Waals surface area contributed by atoms with Crippen molar-refractivity contribution < 1.29 is 23.8 Å². The lowest BCUT2D eigenvalue weighted by atomic mass is 9.99. The molecule has 33 heavy (non-hydrogen) atoms. The van der Waals surface area contributed by atoms with Crippen LogP contribution in [0.4, 0.5) is 0 Å². The molecular formula is C20H16Cl2N6O5. The normalized spacial score (nSPS) is 21.8. The van der Waals surface area contributed by atoms with Crippen LogP contribution in [-0.2, 0) is 14.2 Å². The minimum atomic E-state index is -1.15. The van der Waals surface area contributed by atoms with E-state index in [1.165, 1.54) is 48.5 Å². The van der Waals surface area contributed by atoms with Gasteiger partial charge in [0.15, 0.2) is 0 Å². The Balaban J connectivity index is 1.79. The number of carbonyl (C=O) groups excluding carboxylic acids is 2. The zero-order chi connectivity index (χ0) is 23.8. The fourth-order valence-corrected chi connectivity index (χ4v) is 3.38. The Morgan fingerprint density at radius 1 is 0.939 bits per heavy atom. The first-order valence-electron chi connectivity index (χ1n) is 9.55. The quantitative estimate of drug-likeness (QED) is 0.217. The Hall–Kier alpha value is -3.46. The van der Waals surface area contributed by atoms with Crippen LogP contribution in [-0.4, -0.2) is 43.0 Å². The summed E-state index contributed by atoms with van der Waals surface area (Å²) >= 11 is 11.7. The summed E-state index contributed by atoms with van der Waals surface area (Å²) in [6, 6.07) is 11.0. The first-order chi connectivity index (χ1) is 15.9. The summed E-state index contributed by atoms with van der Waals surface area (Å²) in [6.07, 6.45) is -3.37. The molecule has 1 fully saturated rings. The van der Waals surface area contributed by atoms with Crippen molar-refractivity contribution in [2.75, 3.05) is 6.54 Å². The highest BCUT2D eigenvalue weighted by Crippen LogP contribution is 2.28. The monoisotopic (exact) mass is 490 g/mol. The third-order valence-corrected chi connectivity index (χ3v) is 5.18. The lowest BCUT2D eigenvalue weighted by Gasteiger charge is -2.38. The molecule has 170 valence electrons. The molecule has 1 aliphatic rings. The highest BCUT2D eigenvalue weighted by Gasteiger charge is 2.42. The molecule has 0 bridgehead atoms. The number of rotatable bonds is 7. The summed E-state index contributed by atoms with van der Waals surface area (Å²) in [7, 11) is 0. The first kappa shape index (κ1) is 24.2. The molecule has 4 atom stereocenters. The van der Waals surface area contributed by atoms with E-state index in [-0.39, 0.29) is 24.1 Å². The van der Waals surface area contributed by atoms with Crippen LogP contribution >= 0.6 is 23.2 Å². The number of ether oxygens (including phenoxy) is 3. The second kappa shape index (κ2) is 11.4. The maximum Gasteiger partial charge on any atom is 0.340 e. The minimum Gasteiger partial charge on any atom is -0.456 e. The van der Waals surface area contributed by atoms with E-state index >= 15 is 0 Å². The molecule has 0 unspecified atom stereocenters. The Labute approximate surface area is 197 Å². The SMILES string of the molecule is [N-]=[N+]=NC[C@H]1O[C@H](OC(=O)c2ccc(Cl)cc2)C[C@H](N=[N+]=[N-])[C@@H]1OC(=O)c1ccc(Cl)cc1. The zero-order valence-corrected chi connectivity index (χ0v) is 18.3. The van der Waals surface area contributed by atoms with Gasteiger partial charge in [-0.1, -0.05) is 33.4 Å². The van der Waals surface area contributed by atoms with Crippen LogP contribution in [0, 0.1) is 0 Å². The number of hydrogen-bond donors (Lipinski definition) is 0. The van der Waals surface area contributed by atoms with Gasteiger partial charge < -0.3 is 14.2 Å². The predicted octanol–water partition coefficient (Wildman–Crippen LogP) is 5.48. The van der Waals surface area contributed by atoms with E-state index in [0.29, 0.717) is 10.0 Å². The fourth-order valence-electron chi connectivity index (χ4n) is 3.13. The van der Waals surface area contributed by atoms with E-state index in [0.717, 1.165) is 0 Å². The van der Waals surface area contributed by atoms with Crippen molar-refractivity contribution in [2.45, 2.75) is 31.0 Å². The molecular weight excluding hydrogens is 475 g/mol. The summed E-state index contributed by atoms with van der Waals surface area (Å²) in [4.78, 5) is 30.6. The second-order valence-electron chi connectivity index (χ2n) is 6.81. The van der Waals surface area contributed by atoms with Crippen molar-refractivity contribution in [1.82, 2.24) is 0 Å². The van der Waals surface area contributed by atoms with Crippen molar-refractivity contribution >= 4 is 35.1 Å². The average Bonchev–Trinajstić information content (AvgIpc) is 2.80. The second-order valence-corrected chi connectivity index (χ2v) is 7.69. The Bertz CT molecular complexity index is 1100. The van der Waals surface area contributed by atoms with Gasteiger partial charge in [0.05, 0.1) is 23.7 Å². The zero-order valence-electron chi connectivity index (χ0n) is 16.8. The van der Waals surface area contributed by atoms with E-state index in [1.807, 2.05) is 0 Å². The molecule has 1 saturated heterocycles. The topological polar surface area (TPSA) is 159 Å². The van der Waals surface area contributed by atoms with Crippen LogP contribution in [0.25, 0.3) is 20.9 Å². The van der Waals surface area contributed by atoms with Crippen molar-refractivity contribution in [3.63, 3.8) is 0 Å². The number of hydrogen-bond acceptors (Lipinski definition) is 7. The molecule has 0 N–H and O–H groups in total. The van der Waals surface area contributed by atoms with Gasteiger partial charge >= 0.3 is 11.9 Å². The fraction of sp³-hybridized carbons (Fsp3) is 0.300. The standard InChI is InChI=1S/C20H16Cl2N6O5/c21-13-5-1-11(2-6-13)19(29)32-17-9-15(26-28-24)18(16(31-17)10-25-27-23)33-20(30)12-3-7-14(22)8-4-12/h1-8,15-18H,9-10H2/t15-,16+,17+,18-/m0/s1. The van der Waals surface area contributed by atoms with E-state index in [4.69, 9.17) is 48.5 Å². The average molecular weight is 491 g/mol. The molecule has 2 aromatic rings. The maximum atomic E-state index is 12.6. The number of benzene rings is 2. The number of esters is 2. The van der Waals surface area contributed by atoms with E-state index in [9.17, 15) is 9.59 Å². The molecule has 0 radical (unpaired) electrons. The largest absolute Gasteiger partial charge is 0.456 e. The highest BCUT2D eigenvalue weighted by atomic mass is 35.5. The number of azide groups is 2. The van der Waals surface area contributed by atoms with Gasteiger partial charge in [0, 0.05) is 26.3 Å². The maximum absolute atomic E-state index is 12.6. The smallest absolute Gasteiger partial charge is 0.340 e. The summed E-state index contributed by atoms with van der Waals surface area (Å²) < 4.78 is 16.6. The van der Waals surface area contributed by atoms with Gasteiger partial charge in [0.25, 0.3) is 0 Å².